The fourth-order valence-corrected chi connectivity index (χ4v) is 3.73. The number of hydrogen-bond acceptors (Lipinski definition) is 7. The van der Waals surface area contributed by atoms with Crippen molar-refractivity contribution in [3.63, 3.8) is 0 Å². The van der Waals surface area contributed by atoms with Crippen LogP contribution in [0.15, 0.2) is 42.5 Å². The summed E-state index contributed by atoms with van der Waals surface area (Å²) < 4.78 is 44.1. The Bertz CT molecular complexity index is 1130. The third-order valence-electron chi connectivity index (χ3n) is 5.61. The van der Waals surface area contributed by atoms with Crippen LogP contribution < -0.4 is 10.2 Å². The van der Waals surface area contributed by atoms with Crippen LogP contribution in [0.2, 0.25) is 0 Å². The Morgan fingerprint density at radius 2 is 1.82 bits per heavy atom. The first-order valence-corrected chi connectivity index (χ1v) is 11.0. The molecule has 7 nitrogen and oxygen atoms in total. The van der Waals surface area contributed by atoms with Crippen molar-refractivity contribution < 1.29 is 23.0 Å². The van der Waals surface area contributed by atoms with E-state index >= 15 is 0 Å². The number of hydrogen-bond donors (Lipinski definition) is 2. The second kappa shape index (κ2) is 9.94. The van der Waals surface area contributed by atoms with E-state index in [9.17, 15) is 18.3 Å². The predicted molar refractivity (Wildman–Crippen MR) is 124 cm³/mol. The summed E-state index contributed by atoms with van der Waals surface area (Å²) in [4.78, 5) is 6.87. The van der Waals surface area contributed by atoms with E-state index in [1.165, 1.54) is 6.07 Å². The lowest BCUT2D eigenvalue weighted by Crippen LogP contribution is -2.37. The molecule has 2 N–H and O–H groups in total. The first kappa shape index (κ1) is 23.9. The van der Waals surface area contributed by atoms with E-state index in [1.54, 1.807) is 0 Å². The first-order valence-electron chi connectivity index (χ1n) is 11.0. The molecule has 1 aliphatic rings. The number of ether oxygens (including phenoxy) is 1. The highest BCUT2D eigenvalue weighted by Crippen LogP contribution is 2.33. The molecule has 1 aromatic carbocycles. The van der Waals surface area contributed by atoms with Crippen molar-refractivity contribution in [1.82, 2.24) is 15.2 Å². The summed E-state index contributed by atoms with van der Waals surface area (Å²) in [6, 6.07) is 11.6. The van der Waals surface area contributed by atoms with E-state index in [2.05, 4.69) is 20.4 Å². The number of rotatable bonds is 6. The number of aromatic nitrogens is 3. The quantitative estimate of drug-likeness (QED) is 0.556. The summed E-state index contributed by atoms with van der Waals surface area (Å²) in [5.41, 5.74) is 2.76. The van der Waals surface area contributed by atoms with Crippen LogP contribution in [-0.2, 0) is 10.9 Å². The van der Waals surface area contributed by atoms with Gasteiger partial charge >= 0.3 is 6.18 Å². The van der Waals surface area contributed by atoms with Crippen LogP contribution in [0.4, 0.5) is 24.8 Å². The van der Waals surface area contributed by atoms with Gasteiger partial charge in [-0.2, -0.15) is 13.2 Å². The van der Waals surface area contributed by atoms with E-state index in [4.69, 9.17) is 9.72 Å². The van der Waals surface area contributed by atoms with Gasteiger partial charge in [0.15, 0.2) is 5.69 Å². The van der Waals surface area contributed by atoms with E-state index in [0.29, 0.717) is 43.4 Å². The molecule has 3 heterocycles. The molecule has 4 rings (SSSR count). The van der Waals surface area contributed by atoms with Crippen LogP contribution >= 0.6 is 0 Å². The predicted octanol–water partition coefficient (Wildman–Crippen LogP) is 4.16. The largest absolute Gasteiger partial charge is 0.435 e. The van der Waals surface area contributed by atoms with Gasteiger partial charge in [0.25, 0.3) is 0 Å². The molecule has 180 valence electrons. The number of nitrogens with one attached hydrogen (secondary N) is 1. The molecule has 10 heteroatoms. The third kappa shape index (κ3) is 5.45. The molecule has 1 unspecified atom stereocenters. The van der Waals surface area contributed by atoms with Gasteiger partial charge in [0.05, 0.1) is 25.5 Å². The molecule has 3 aromatic rings. The Hall–Kier alpha value is -3.24. The number of aryl methyl sites for hydroxylation is 1. The monoisotopic (exact) mass is 473 g/mol. The van der Waals surface area contributed by atoms with Gasteiger partial charge in [-0.05, 0) is 60.9 Å². The highest BCUT2D eigenvalue weighted by Gasteiger charge is 2.33. The van der Waals surface area contributed by atoms with Gasteiger partial charge < -0.3 is 20.1 Å². The Morgan fingerprint density at radius 3 is 2.47 bits per heavy atom. The van der Waals surface area contributed by atoms with Crippen LogP contribution in [-0.4, -0.2) is 59.2 Å². The number of aliphatic hydroxyl groups excluding tert-OH is 1. The van der Waals surface area contributed by atoms with Crippen molar-refractivity contribution in [2.75, 3.05) is 43.1 Å². The number of nitrogens with zero attached hydrogens (tertiary/aromatic N) is 4. The molecule has 0 saturated carbocycles. The molecule has 0 amide bonds. The average molecular weight is 473 g/mol. The van der Waals surface area contributed by atoms with Gasteiger partial charge in [-0.1, -0.05) is 12.1 Å². The maximum atomic E-state index is 12.9. The van der Waals surface area contributed by atoms with Gasteiger partial charge in [0.2, 0.25) is 0 Å². The Labute approximate surface area is 195 Å². The molecule has 2 aromatic heterocycles. The molecule has 1 saturated heterocycles. The van der Waals surface area contributed by atoms with Gasteiger partial charge in [-0.25, -0.2) is 4.98 Å². The first-order chi connectivity index (χ1) is 16.2. The number of morpholine rings is 1. The van der Waals surface area contributed by atoms with Crippen molar-refractivity contribution in [2.24, 2.45) is 0 Å². The normalized spacial score (nSPS) is 15.3. The fraction of sp³-hybridized carbons (Fsp3) is 0.375. The maximum Gasteiger partial charge on any atom is 0.435 e. The van der Waals surface area contributed by atoms with Crippen molar-refractivity contribution in [3.05, 3.63) is 53.7 Å². The average Bonchev–Trinajstić information content (AvgIpc) is 2.84. The number of pyridine rings is 1. The maximum absolute atomic E-state index is 12.9. The van der Waals surface area contributed by atoms with E-state index < -0.39 is 11.9 Å². The number of halogens is 3. The summed E-state index contributed by atoms with van der Waals surface area (Å²) in [5, 5.41) is 19.8. The standard InChI is InChI=1S/C24H26F3N5O2/c1-15-3-4-17(20-5-6-21(31-30-20)24(25,26)27)11-19(15)18-12-22(28-16(2)14-33)29-23(13-18)32-7-9-34-10-8-32/h3-6,11-13,16,33H,7-10,14H2,1-2H3,(H,28,29). The number of alkyl halides is 3. The zero-order chi connectivity index (χ0) is 24.3. The lowest BCUT2D eigenvalue weighted by Gasteiger charge is -2.29. The molecular formula is C24H26F3N5O2. The van der Waals surface area contributed by atoms with Crippen LogP contribution in [0.1, 0.15) is 18.2 Å². The highest BCUT2D eigenvalue weighted by molar-refractivity contribution is 5.77. The smallest absolute Gasteiger partial charge is 0.394 e. The zero-order valence-electron chi connectivity index (χ0n) is 18.9. The molecular weight excluding hydrogens is 447 g/mol. The van der Waals surface area contributed by atoms with E-state index in [-0.39, 0.29) is 12.6 Å². The molecule has 1 fully saturated rings. The summed E-state index contributed by atoms with van der Waals surface area (Å²) in [6.07, 6.45) is -4.54. The third-order valence-corrected chi connectivity index (χ3v) is 5.61. The van der Waals surface area contributed by atoms with Crippen LogP contribution in [0, 0.1) is 6.92 Å². The molecule has 34 heavy (non-hydrogen) atoms. The molecule has 0 bridgehead atoms. The van der Waals surface area contributed by atoms with Crippen molar-refractivity contribution >= 4 is 11.6 Å². The minimum atomic E-state index is -4.54. The Balaban J connectivity index is 1.74. The number of aliphatic hydroxyl groups is 1. The van der Waals surface area contributed by atoms with Gasteiger partial charge in [-0.15, -0.1) is 10.2 Å². The molecule has 0 aliphatic carbocycles. The number of benzene rings is 1. The minimum Gasteiger partial charge on any atom is -0.394 e. The summed E-state index contributed by atoms with van der Waals surface area (Å²) in [5.74, 6) is 1.41. The van der Waals surface area contributed by atoms with Crippen molar-refractivity contribution in [3.8, 4) is 22.4 Å². The molecule has 1 aliphatic heterocycles. The SMILES string of the molecule is Cc1ccc(-c2ccc(C(F)(F)F)nn2)cc1-c1cc(NC(C)CO)nc(N2CCOCC2)c1. The Morgan fingerprint density at radius 1 is 1.06 bits per heavy atom. The lowest BCUT2D eigenvalue weighted by molar-refractivity contribution is -0.141. The Kier molecular flexibility index (Phi) is 6.99. The second-order valence-electron chi connectivity index (χ2n) is 8.26. The zero-order valence-corrected chi connectivity index (χ0v) is 18.9. The van der Waals surface area contributed by atoms with Crippen LogP contribution in [0.25, 0.3) is 22.4 Å². The summed E-state index contributed by atoms with van der Waals surface area (Å²) in [6.45, 7) is 6.44. The van der Waals surface area contributed by atoms with Crippen molar-refractivity contribution in [1.29, 1.82) is 0 Å². The second-order valence-corrected chi connectivity index (χ2v) is 8.26. The van der Waals surface area contributed by atoms with Crippen molar-refractivity contribution in [2.45, 2.75) is 26.1 Å². The lowest BCUT2D eigenvalue weighted by atomic mass is 9.97. The van der Waals surface area contributed by atoms with E-state index in [0.717, 1.165) is 28.6 Å². The topological polar surface area (TPSA) is 83.4 Å². The fourth-order valence-electron chi connectivity index (χ4n) is 3.73. The van der Waals surface area contributed by atoms with Crippen LogP contribution in [0.5, 0.6) is 0 Å². The molecule has 1 atom stereocenters. The molecule has 0 spiro atoms. The van der Waals surface area contributed by atoms with Gasteiger partial charge in [-0.3, -0.25) is 0 Å². The minimum absolute atomic E-state index is 0.0418. The van der Waals surface area contributed by atoms with E-state index in [1.807, 2.05) is 44.2 Å². The van der Waals surface area contributed by atoms with Crippen LogP contribution in [0.3, 0.4) is 0 Å². The number of anilines is 2. The van der Waals surface area contributed by atoms with Gasteiger partial charge in [0.1, 0.15) is 11.6 Å². The summed E-state index contributed by atoms with van der Waals surface area (Å²) >= 11 is 0. The molecule has 0 radical (unpaired) electrons. The summed E-state index contributed by atoms with van der Waals surface area (Å²) in [7, 11) is 0. The van der Waals surface area contributed by atoms with Gasteiger partial charge in [0, 0.05) is 24.7 Å². The highest BCUT2D eigenvalue weighted by atomic mass is 19.4.